The van der Waals surface area contributed by atoms with Gasteiger partial charge in [-0.2, -0.15) is 0 Å². The number of aldehydes is 1. The molecule has 4 nitrogen and oxygen atoms in total. The Morgan fingerprint density at radius 2 is 2.38 bits per heavy atom. The molecule has 2 rings (SSSR count). The number of carbonyl (C=O) groups excluding carboxylic acids is 2. The third-order valence-electron chi connectivity index (χ3n) is 2.12. The van der Waals surface area contributed by atoms with Gasteiger partial charge in [-0.05, 0) is 12.1 Å². The zero-order valence-electron chi connectivity index (χ0n) is 8.60. The molecule has 5 heteroatoms. The summed E-state index contributed by atoms with van der Waals surface area (Å²) >= 11 is 1.27. The van der Waals surface area contributed by atoms with Gasteiger partial charge in [0.15, 0.2) is 0 Å². The number of thiophene rings is 1. The van der Waals surface area contributed by atoms with Gasteiger partial charge in [-0.3, -0.25) is 0 Å². The highest BCUT2D eigenvalue weighted by molar-refractivity contribution is 7.20. The molecule has 2 heterocycles. The van der Waals surface area contributed by atoms with Gasteiger partial charge in [0.1, 0.15) is 16.0 Å². The lowest BCUT2D eigenvalue weighted by atomic mass is 10.2. The van der Waals surface area contributed by atoms with Crippen molar-refractivity contribution < 1.29 is 14.3 Å². The SMILES string of the molecule is COC(=O)c1cc2ccc(CC=O)nc2s1. The van der Waals surface area contributed by atoms with E-state index in [1.165, 1.54) is 18.4 Å². The molecule has 82 valence electrons. The Bertz CT molecular complexity index is 547. The molecule has 0 aliphatic carbocycles. The van der Waals surface area contributed by atoms with Gasteiger partial charge >= 0.3 is 5.97 Å². The Labute approximate surface area is 95.9 Å². The van der Waals surface area contributed by atoms with Gasteiger partial charge in [0, 0.05) is 17.5 Å². The fourth-order valence-corrected chi connectivity index (χ4v) is 2.32. The number of hydrogen-bond acceptors (Lipinski definition) is 5. The van der Waals surface area contributed by atoms with E-state index in [1.807, 2.05) is 6.07 Å². The molecule has 0 aliphatic heterocycles. The standard InChI is InChI=1S/C11H9NO3S/c1-15-11(14)9-6-7-2-3-8(4-5-13)12-10(7)16-9/h2-3,5-6H,4H2,1H3. The van der Waals surface area contributed by atoms with Crippen LogP contribution in [0, 0.1) is 0 Å². The van der Waals surface area contributed by atoms with Gasteiger partial charge in [-0.25, -0.2) is 9.78 Å². The van der Waals surface area contributed by atoms with E-state index in [4.69, 9.17) is 0 Å². The van der Waals surface area contributed by atoms with E-state index in [0.717, 1.165) is 16.5 Å². The van der Waals surface area contributed by atoms with Crippen LogP contribution in [0.1, 0.15) is 15.4 Å². The molecule has 0 saturated carbocycles. The molecule has 0 fully saturated rings. The molecular weight excluding hydrogens is 226 g/mol. The predicted molar refractivity (Wildman–Crippen MR) is 60.7 cm³/mol. The maximum atomic E-state index is 11.3. The minimum absolute atomic E-state index is 0.293. The summed E-state index contributed by atoms with van der Waals surface area (Å²) in [6.07, 6.45) is 1.10. The van der Waals surface area contributed by atoms with Crippen molar-refractivity contribution in [1.29, 1.82) is 0 Å². The van der Waals surface area contributed by atoms with Crippen LogP contribution in [0.5, 0.6) is 0 Å². The van der Waals surface area contributed by atoms with Crippen LogP contribution in [0.3, 0.4) is 0 Å². The Balaban J connectivity index is 2.45. The summed E-state index contributed by atoms with van der Waals surface area (Å²) in [4.78, 5) is 27.2. The monoisotopic (exact) mass is 235 g/mol. The number of methoxy groups -OCH3 is 1. The van der Waals surface area contributed by atoms with Gasteiger partial charge in [0.05, 0.1) is 7.11 Å². The number of ether oxygens (including phenoxy) is 1. The van der Waals surface area contributed by atoms with Crippen molar-refractivity contribution in [2.75, 3.05) is 7.11 Å². The van der Waals surface area contributed by atoms with Crippen LogP contribution in [0.4, 0.5) is 0 Å². The van der Waals surface area contributed by atoms with E-state index in [0.29, 0.717) is 17.0 Å². The molecule has 0 N–H and O–H groups in total. The molecule has 0 aromatic carbocycles. The highest BCUT2D eigenvalue weighted by atomic mass is 32.1. The van der Waals surface area contributed by atoms with Crippen LogP contribution in [-0.4, -0.2) is 24.3 Å². The Hall–Kier alpha value is -1.75. The quantitative estimate of drug-likeness (QED) is 0.601. The molecule has 0 bridgehead atoms. The lowest BCUT2D eigenvalue weighted by Crippen LogP contribution is -1.96. The highest BCUT2D eigenvalue weighted by Gasteiger charge is 2.11. The second-order valence-electron chi connectivity index (χ2n) is 3.17. The molecule has 16 heavy (non-hydrogen) atoms. The van der Waals surface area contributed by atoms with E-state index >= 15 is 0 Å². The number of aromatic nitrogens is 1. The van der Waals surface area contributed by atoms with Crippen LogP contribution >= 0.6 is 11.3 Å². The summed E-state index contributed by atoms with van der Waals surface area (Å²) < 4.78 is 4.63. The van der Waals surface area contributed by atoms with E-state index in [9.17, 15) is 9.59 Å². The molecule has 0 aliphatic rings. The van der Waals surface area contributed by atoms with Crippen molar-refractivity contribution in [3.63, 3.8) is 0 Å². The summed E-state index contributed by atoms with van der Waals surface area (Å²) in [5, 5.41) is 0.889. The highest BCUT2D eigenvalue weighted by Crippen LogP contribution is 2.24. The van der Waals surface area contributed by atoms with E-state index < -0.39 is 0 Å². The van der Waals surface area contributed by atoms with Crippen LogP contribution in [-0.2, 0) is 16.0 Å². The fourth-order valence-electron chi connectivity index (χ4n) is 1.36. The first-order chi connectivity index (χ1) is 7.74. The van der Waals surface area contributed by atoms with Crippen molar-refractivity contribution >= 4 is 33.8 Å². The van der Waals surface area contributed by atoms with Crippen LogP contribution in [0.25, 0.3) is 10.2 Å². The minimum atomic E-state index is -0.361. The summed E-state index contributed by atoms with van der Waals surface area (Å²) in [5.41, 5.74) is 0.709. The van der Waals surface area contributed by atoms with Crippen molar-refractivity contribution in [1.82, 2.24) is 4.98 Å². The molecule has 0 atom stereocenters. The molecule has 0 unspecified atom stereocenters. The van der Waals surface area contributed by atoms with E-state index in [2.05, 4.69) is 9.72 Å². The number of carbonyl (C=O) groups is 2. The van der Waals surface area contributed by atoms with Gasteiger partial charge in [0.25, 0.3) is 0 Å². The smallest absolute Gasteiger partial charge is 0.348 e. The molecule has 0 radical (unpaired) electrons. The van der Waals surface area contributed by atoms with Crippen molar-refractivity contribution in [3.8, 4) is 0 Å². The van der Waals surface area contributed by atoms with Gasteiger partial charge in [-0.1, -0.05) is 6.07 Å². The number of rotatable bonds is 3. The Morgan fingerprint density at radius 3 is 3.06 bits per heavy atom. The Morgan fingerprint density at radius 1 is 1.56 bits per heavy atom. The number of hydrogen-bond donors (Lipinski definition) is 0. The summed E-state index contributed by atoms with van der Waals surface area (Å²) in [5.74, 6) is -0.361. The van der Waals surface area contributed by atoms with Crippen molar-refractivity contribution in [2.24, 2.45) is 0 Å². The zero-order valence-corrected chi connectivity index (χ0v) is 9.41. The van der Waals surface area contributed by atoms with Gasteiger partial charge < -0.3 is 9.53 Å². The third-order valence-corrected chi connectivity index (χ3v) is 3.14. The zero-order chi connectivity index (χ0) is 11.5. The molecule has 0 saturated heterocycles. The van der Waals surface area contributed by atoms with E-state index in [1.54, 1.807) is 12.1 Å². The number of nitrogens with zero attached hydrogens (tertiary/aromatic N) is 1. The maximum Gasteiger partial charge on any atom is 0.348 e. The van der Waals surface area contributed by atoms with Crippen molar-refractivity contribution in [2.45, 2.75) is 6.42 Å². The normalized spacial score (nSPS) is 10.3. The first kappa shape index (κ1) is 10.8. The largest absolute Gasteiger partial charge is 0.465 e. The molecule has 2 aromatic heterocycles. The first-order valence-corrected chi connectivity index (χ1v) is 5.47. The lowest BCUT2D eigenvalue weighted by molar-refractivity contribution is -0.107. The van der Waals surface area contributed by atoms with Crippen LogP contribution in [0.2, 0.25) is 0 Å². The van der Waals surface area contributed by atoms with Crippen LogP contribution in [0.15, 0.2) is 18.2 Å². The van der Waals surface area contributed by atoms with Crippen molar-refractivity contribution in [3.05, 3.63) is 28.8 Å². The second kappa shape index (κ2) is 4.40. The summed E-state index contributed by atoms with van der Waals surface area (Å²) in [6.45, 7) is 0. The molecular formula is C11H9NO3S. The second-order valence-corrected chi connectivity index (χ2v) is 4.20. The summed E-state index contributed by atoms with van der Waals surface area (Å²) in [7, 11) is 1.35. The van der Waals surface area contributed by atoms with Gasteiger partial charge in [-0.15, -0.1) is 11.3 Å². The average Bonchev–Trinajstić information content (AvgIpc) is 2.71. The molecule has 0 spiro atoms. The van der Waals surface area contributed by atoms with Crippen LogP contribution < -0.4 is 0 Å². The Kier molecular flexibility index (Phi) is 2.96. The molecule has 0 amide bonds. The summed E-state index contributed by atoms with van der Waals surface area (Å²) in [6, 6.07) is 5.37. The minimum Gasteiger partial charge on any atom is -0.465 e. The van der Waals surface area contributed by atoms with E-state index in [-0.39, 0.29) is 5.97 Å². The topological polar surface area (TPSA) is 56.3 Å². The maximum absolute atomic E-state index is 11.3. The third kappa shape index (κ3) is 1.94. The number of fused-ring (bicyclic) bond motifs is 1. The fraction of sp³-hybridized carbons (Fsp3) is 0.182. The molecule has 2 aromatic rings. The number of pyridine rings is 1. The lowest BCUT2D eigenvalue weighted by Gasteiger charge is -1.93. The predicted octanol–water partition coefficient (Wildman–Crippen LogP) is 1.82. The first-order valence-electron chi connectivity index (χ1n) is 4.66. The number of esters is 1. The average molecular weight is 235 g/mol. The van der Waals surface area contributed by atoms with Gasteiger partial charge in [0.2, 0.25) is 0 Å².